The van der Waals surface area contributed by atoms with Crippen LogP contribution in [-0.4, -0.2) is 26.8 Å². The van der Waals surface area contributed by atoms with E-state index in [1.54, 1.807) is 25.1 Å². The van der Waals surface area contributed by atoms with Crippen LogP contribution in [0.5, 0.6) is 0 Å². The fourth-order valence-corrected chi connectivity index (χ4v) is 3.64. The second-order valence-corrected chi connectivity index (χ2v) is 7.43. The number of hydrogen-bond donors (Lipinski definition) is 1. The molecule has 7 nitrogen and oxygen atoms in total. The van der Waals surface area contributed by atoms with Gasteiger partial charge in [0.1, 0.15) is 6.04 Å². The van der Waals surface area contributed by atoms with Crippen molar-refractivity contribution in [1.29, 1.82) is 0 Å². The molecule has 1 atom stereocenters. The first-order valence-electron chi connectivity index (χ1n) is 9.94. The van der Waals surface area contributed by atoms with Gasteiger partial charge >= 0.3 is 5.76 Å². The molecule has 1 N–H and O–H groups in total. The summed E-state index contributed by atoms with van der Waals surface area (Å²) in [6.45, 7) is 6.18. The van der Waals surface area contributed by atoms with Crippen molar-refractivity contribution < 1.29 is 9.21 Å². The van der Waals surface area contributed by atoms with Crippen LogP contribution in [-0.2, 0) is 11.2 Å². The molecule has 0 aliphatic heterocycles. The number of aromatic nitrogens is 3. The minimum Gasteiger partial charge on any atom is -0.408 e. The largest absolute Gasteiger partial charge is 0.420 e. The number of para-hydroxylation sites is 2. The van der Waals surface area contributed by atoms with E-state index in [1.807, 2.05) is 54.9 Å². The normalized spacial score (nSPS) is 12.2. The number of rotatable bonds is 6. The summed E-state index contributed by atoms with van der Waals surface area (Å²) in [5.41, 5.74) is 5.28. The summed E-state index contributed by atoms with van der Waals surface area (Å²) in [5.74, 6) is -0.749. The molecule has 0 radical (unpaired) electrons. The Kier molecular flexibility index (Phi) is 5.27. The zero-order valence-electron chi connectivity index (χ0n) is 17.3. The smallest absolute Gasteiger partial charge is 0.408 e. The monoisotopic (exact) mass is 404 g/mol. The first-order chi connectivity index (χ1) is 14.4. The molecule has 1 amide bonds. The molecule has 4 rings (SSSR count). The number of carbonyl (C=O) groups excluding carboxylic acids is 1. The molecule has 0 spiro atoms. The second-order valence-electron chi connectivity index (χ2n) is 7.43. The van der Waals surface area contributed by atoms with E-state index in [0.717, 1.165) is 22.6 Å². The maximum atomic E-state index is 12.6. The molecule has 2 aromatic heterocycles. The highest BCUT2D eigenvalue weighted by atomic mass is 16.4. The lowest BCUT2D eigenvalue weighted by Crippen LogP contribution is -2.35. The summed E-state index contributed by atoms with van der Waals surface area (Å²) in [7, 11) is 0. The van der Waals surface area contributed by atoms with Crippen molar-refractivity contribution in [3.05, 3.63) is 82.1 Å². The number of hydrogen-bond acceptors (Lipinski definition) is 4. The predicted octanol–water partition coefficient (Wildman–Crippen LogP) is 3.32. The second kappa shape index (κ2) is 8.02. The van der Waals surface area contributed by atoms with Crippen LogP contribution in [0.1, 0.15) is 29.9 Å². The van der Waals surface area contributed by atoms with Crippen molar-refractivity contribution in [3.63, 3.8) is 0 Å². The Morgan fingerprint density at radius 2 is 1.87 bits per heavy atom. The minimum atomic E-state index is -0.658. The molecule has 30 heavy (non-hydrogen) atoms. The third-order valence-electron chi connectivity index (χ3n) is 5.19. The van der Waals surface area contributed by atoms with Crippen molar-refractivity contribution in [2.45, 2.75) is 33.2 Å². The Balaban J connectivity index is 1.38. The zero-order valence-corrected chi connectivity index (χ0v) is 17.3. The van der Waals surface area contributed by atoms with E-state index < -0.39 is 11.8 Å². The molecule has 1 unspecified atom stereocenters. The Labute approximate surface area is 173 Å². The summed E-state index contributed by atoms with van der Waals surface area (Å²) in [6.07, 6.45) is 0.691. The maximum absolute atomic E-state index is 12.6. The van der Waals surface area contributed by atoms with E-state index in [0.29, 0.717) is 24.1 Å². The van der Waals surface area contributed by atoms with Crippen molar-refractivity contribution >= 4 is 17.0 Å². The SMILES string of the molecule is Cc1cc(C)n(-c2ccc(CCNC(=O)C(C)n3c(=O)oc4ccccc43)cc2)n1. The molecule has 2 aromatic carbocycles. The summed E-state index contributed by atoms with van der Waals surface area (Å²) in [5, 5.41) is 7.40. The van der Waals surface area contributed by atoms with E-state index in [-0.39, 0.29) is 5.91 Å². The first-order valence-corrected chi connectivity index (χ1v) is 9.94. The number of benzene rings is 2. The van der Waals surface area contributed by atoms with Gasteiger partial charge in [-0.25, -0.2) is 9.48 Å². The molecule has 0 saturated heterocycles. The van der Waals surface area contributed by atoms with Gasteiger partial charge in [0.2, 0.25) is 5.91 Å². The van der Waals surface area contributed by atoms with E-state index in [1.165, 1.54) is 4.57 Å². The van der Waals surface area contributed by atoms with E-state index in [2.05, 4.69) is 10.4 Å². The lowest BCUT2D eigenvalue weighted by molar-refractivity contribution is -0.123. The lowest BCUT2D eigenvalue weighted by atomic mass is 10.1. The molecule has 0 aliphatic rings. The highest BCUT2D eigenvalue weighted by Crippen LogP contribution is 2.17. The predicted molar refractivity (Wildman–Crippen MR) is 115 cm³/mol. The number of nitrogens with one attached hydrogen (secondary N) is 1. The summed E-state index contributed by atoms with van der Waals surface area (Å²) >= 11 is 0. The van der Waals surface area contributed by atoms with Gasteiger partial charge in [-0.3, -0.25) is 9.36 Å². The van der Waals surface area contributed by atoms with Crippen molar-refractivity contribution in [1.82, 2.24) is 19.7 Å². The minimum absolute atomic E-state index is 0.220. The van der Waals surface area contributed by atoms with Gasteiger partial charge in [-0.05, 0) is 63.1 Å². The quantitative estimate of drug-likeness (QED) is 0.534. The fourth-order valence-electron chi connectivity index (χ4n) is 3.64. The number of nitrogens with zero attached hydrogens (tertiary/aromatic N) is 3. The molecule has 0 bridgehead atoms. The van der Waals surface area contributed by atoms with Crippen LogP contribution in [0.25, 0.3) is 16.8 Å². The molecule has 4 aromatic rings. The summed E-state index contributed by atoms with van der Waals surface area (Å²) in [6, 6.07) is 16.6. The Morgan fingerprint density at radius 3 is 2.57 bits per heavy atom. The van der Waals surface area contributed by atoms with Crippen LogP contribution in [0.3, 0.4) is 0 Å². The average molecular weight is 404 g/mol. The van der Waals surface area contributed by atoms with Crippen molar-refractivity contribution in [2.75, 3.05) is 6.54 Å². The van der Waals surface area contributed by atoms with Crippen LogP contribution >= 0.6 is 0 Å². The number of fused-ring (bicyclic) bond motifs is 1. The third kappa shape index (κ3) is 3.78. The van der Waals surface area contributed by atoms with Crippen LogP contribution in [0.15, 0.2) is 63.8 Å². The van der Waals surface area contributed by atoms with Gasteiger partial charge in [0.15, 0.2) is 5.58 Å². The van der Waals surface area contributed by atoms with Gasteiger partial charge in [-0.1, -0.05) is 24.3 Å². The molecule has 0 saturated carbocycles. The van der Waals surface area contributed by atoms with Gasteiger partial charge in [-0.2, -0.15) is 5.10 Å². The molecule has 2 heterocycles. The number of oxazole rings is 1. The molecule has 154 valence electrons. The number of aryl methyl sites for hydroxylation is 2. The molecular formula is C23H24N4O3. The van der Waals surface area contributed by atoms with Gasteiger partial charge in [0.05, 0.1) is 16.9 Å². The Morgan fingerprint density at radius 1 is 1.13 bits per heavy atom. The van der Waals surface area contributed by atoms with Gasteiger partial charge in [0, 0.05) is 12.2 Å². The Bertz CT molecular complexity index is 1250. The molecular weight excluding hydrogens is 380 g/mol. The van der Waals surface area contributed by atoms with E-state index in [9.17, 15) is 9.59 Å². The average Bonchev–Trinajstić information content (AvgIpc) is 3.25. The van der Waals surface area contributed by atoms with Crippen LogP contribution in [0.2, 0.25) is 0 Å². The van der Waals surface area contributed by atoms with Crippen molar-refractivity contribution in [3.8, 4) is 5.69 Å². The molecule has 7 heteroatoms. The summed E-state index contributed by atoms with van der Waals surface area (Å²) < 4.78 is 8.52. The van der Waals surface area contributed by atoms with Crippen molar-refractivity contribution in [2.24, 2.45) is 0 Å². The number of carbonyl (C=O) groups is 1. The zero-order chi connectivity index (χ0) is 21.3. The topological polar surface area (TPSA) is 82.1 Å². The van der Waals surface area contributed by atoms with E-state index in [4.69, 9.17) is 4.42 Å². The van der Waals surface area contributed by atoms with Crippen LogP contribution in [0, 0.1) is 13.8 Å². The highest BCUT2D eigenvalue weighted by molar-refractivity contribution is 5.82. The number of amides is 1. The van der Waals surface area contributed by atoms with E-state index >= 15 is 0 Å². The Hall–Kier alpha value is -3.61. The van der Waals surface area contributed by atoms with Gasteiger partial charge in [0.25, 0.3) is 0 Å². The van der Waals surface area contributed by atoms with Gasteiger partial charge < -0.3 is 9.73 Å². The molecule has 0 fully saturated rings. The maximum Gasteiger partial charge on any atom is 0.420 e. The van der Waals surface area contributed by atoms with Crippen LogP contribution in [0.4, 0.5) is 0 Å². The van der Waals surface area contributed by atoms with Crippen LogP contribution < -0.4 is 11.1 Å². The van der Waals surface area contributed by atoms with Gasteiger partial charge in [-0.15, -0.1) is 0 Å². The third-order valence-corrected chi connectivity index (χ3v) is 5.19. The first kappa shape index (κ1) is 19.7. The summed E-state index contributed by atoms with van der Waals surface area (Å²) in [4.78, 5) is 24.7. The standard InChI is InChI=1S/C23H24N4O3/c1-15-14-16(2)27(25-15)19-10-8-18(9-11-19)12-13-24-22(28)17(3)26-20-6-4-5-7-21(20)30-23(26)29/h4-11,14,17H,12-13H2,1-3H3,(H,24,28). The fraction of sp³-hybridized carbons (Fsp3) is 0.261. The highest BCUT2D eigenvalue weighted by Gasteiger charge is 2.20. The lowest BCUT2D eigenvalue weighted by Gasteiger charge is -2.13. The molecule has 0 aliphatic carbocycles.